The van der Waals surface area contributed by atoms with Gasteiger partial charge in [-0.3, -0.25) is 14.6 Å². The van der Waals surface area contributed by atoms with Gasteiger partial charge in [0.05, 0.1) is 11.5 Å². The van der Waals surface area contributed by atoms with E-state index in [1.165, 1.54) is 0 Å². The predicted molar refractivity (Wildman–Crippen MR) is 103 cm³/mol. The molecule has 0 bridgehead atoms. The molecule has 0 radical (unpaired) electrons. The Hall–Kier alpha value is -3.15. The summed E-state index contributed by atoms with van der Waals surface area (Å²) in [6.07, 6.45) is 6.83. The number of para-hydroxylation sites is 1. The van der Waals surface area contributed by atoms with Gasteiger partial charge in [0.15, 0.2) is 0 Å². The van der Waals surface area contributed by atoms with Gasteiger partial charge in [0.1, 0.15) is 0 Å². The summed E-state index contributed by atoms with van der Waals surface area (Å²) in [5, 5.41) is 3.90. The molecule has 0 saturated carbocycles. The van der Waals surface area contributed by atoms with Gasteiger partial charge in [-0.1, -0.05) is 18.2 Å². The first kappa shape index (κ1) is 17.3. The van der Waals surface area contributed by atoms with Crippen molar-refractivity contribution in [1.29, 1.82) is 0 Å². The third-order valence-corrected chi connectivity index (χ3v) is 5.12. The first-order chi connectivity index (χ1) is 13.2. The largest absolute Gasteiger partial charge is 0.360 e. The van der Waals surface area contributed by atoms with Crippen LogP contribution in [0.4, 0.5) is 0 Å². The highest BCUT2D eigenvalue weighted by Gasteiger charge is 2.29. The normalized spacial score (nSPS) is 17.0. The van der Waals surface area contributed by atoms with E-state index >= 15 is 0 Å². The Morgan fingerprint density at radius 3 is 2.85 bits per heavy atom. The Kier molecular flexibility index (Phi) is 4.87. The first-order valence-electron chi connectivity index (χ1n) is 9.24. The second kappa shape index (κ2) is 7.61. The molecule has 138 valence electrons. The van der Waals surface area contributed by atoms with Crippen LogP contribution < -0.4 is 5.32 Å². The van der Waals surface area contributed by atoms with Crippen molar-refractivity contribution in [2.45, 2.75) is 19.4 Å². The number of nitrogens with one attached hydrogen (secondary N) is 2. The van der Waals surface area contributed by atoms with Crippen LogP contribution in [0, 0.1) is 5.92 Å². The van der Waals surface area contributed by atoms with Crippen LogP contribution in [-0.2, 0) is 11.3 Å². The number of aromatic nitrogens is 2. The number of fused-ring (bicyclic) bond motifs is 1. The molecule has 27 heavy (non-hydrogen) atoms. The van der Waals surface area contributed by atoms with E-state index < -0.39 is 0 Å². The first-order valence-corrected chi connectivity index (χ1v) is 9.24. The van der Waals surface area contributed by atoms with Gasteiger partial charge in [-0.2, -0.15) is 0 Å². The molecule has 3 heterocycles. The van der Waals surface area contributed by atoms with E-state index in [1.807, 2.05) is 36.4 Å². The number of carbonyl (C=O) groups is 2. The molecule has 0 unspecified atom stereocenters. The zero-order valence-corrected chi connectivity index (χ0v) is 15.0. The van der Waals surface area contributed by atoms with E-state index in [0.717, 1.165) is 29.3 Å². The van der Waals surface area contributed by atoms with Gasteiger partial charge < -0.3 is 15.2 Å². The molecule has 2 N–H and O–H groups in total. The Balaban J connectivity index is 1.41. The van der Waals surface area contributed by atoms with E-state index in [2.05, 4.69) is 15.3 Å². The molecular weight excluding hydrogens is 340 g/mol. The molecule has 2 amide bonds. The third kappa shape index (κ3) is 3.69. The maximum atomic E-state index is 13.0. The van der Waals surface area contributed by atoms with Gasteiger partial charge in [0.25, 0.3) is 5.91 Å². The van der Waals surface area contributed by atoms with Crippen LogP contribution in [0.25, 0.3) is 10.9 Å². The molecule has 1 aliphatic heterocycles. The van der Waals surface area contributed by atoms with E-state index in [-0.39, 0.29) is 17.7 Å². The molecule has 6 nitrogen and oxygen atoms in total. The van der Waals surface area contributed by atoms with Gasteiger partial charge in [-0.15, -0.1) is 0 Å². The third-order valence-electron chi connectivity index (χ3n) is 5.12. The number of aromatic amines is 1. The second-order valence-electron chi connectivity index (χ2n) is 6.91. The van der Waals surface area contributed by atoms with Crippen molar-refractivity contribution in [3.8, 4) is 0 Å². The summed E-state index contributed by atoms with van der Waals surface area (Å²) in [7, 11) is 0. The van der Waals surface area contributed by atoms with Gasteiger partial charge >= 0.3 is 0 Å². The molecule has 2 aromatic heterocycles. The molecule has 6 heteroatoms. The van der Waals surface area contributed by atoms with Crippen molar-refractivity contribution in [2.24, 2.45) is 5.92 Å². The lowest BCUT2D eigenvalue weighted by molar-refractivity contribution is -0.126. The number of pyridine rings is 1. The molecule has 1 fully saturated rings. The lowest BCUT2D eigenvalue weighted by atomic mass is 9.96. The molecule has 0 spiro atoms. The number of hydrogen-bond acceptors (Lipinski definition) is 3. The Labute approximate surface area is 157 Å². The molecule has 4 rings (SSSR count). The predicted octanol–water partition coefficient (Wildman–Crippen LogP) is 2.73. The van der Waals surface area contributed by atoms with Gasteiger partial charge in [0, 0.05) is 49.1 Å². The number of rotatable bonds is 4. The summed E-state index contributed by atoms with van der Waals surface area (Å²) >= 11 is 0. The monoisotopic (exact) mass is 362 g/mol. The maximum Gasteiger partial charge on any atom is 0.256 e. The minimum absolute atomic E-state index is 0.00300. The quantitative estimate of drug-likeness (QED) is 0.749. The smallest absolute Gasteiger partial charge is 0.256 e. The van der Waals surface area contributed by atoms with E-state index in [1.54, 1.807) is 23.5 Å². The van der Waals surface area contributed by atoms with Crippen LogP contribution >= 0.6 is 0 Å². The van der Waals surface area contributed by atoms with Crippen molar-refractivity contribution < 1.29 is 9.59 Å². The lowest BCUT2D eigenvalue weighted by Crippen LogP contribution is -2.45. The summed E-state index contributed by atoms with van der Waals surface area (Å²) in [6, 6.07) is 11.5. The van der Waals surface area contributed by atoms with Crippen molar-refractivity contribution in [2.75, 3.05) is 13.1 Å². The molecule has 3 aromatic rings. The van der Waals surface area contributed by atoms with Crippen LogP contribution in [0.1, 0.15) is 28.8 Å². The fourth-order valence-corrected chi connectivity index (χ4v) is 3.63. The topological polar surface area (TPSA) is 78.1 Å². The van der Waals surface area contributed by atoms with Crippen LogP contribution in [-0.4, -0.2) is 39.8 Å². The molecule has 1 aliphatic rings. The van der Waals surface area contributed by atoms with Gasteiger partial charge in [-0.25, -0.2) is 0 Å². The number of amides is 2. The minimum atomic E-state index is -0.172. The molecular formula is C21H22N4O2. The Morgan fingerprint density at radius 2 is 2.00 bits per heavy atom. The molecule has 1 aromatic carbocycles. The zero-order valence-electron chi connectivity index (χ0n) is 15.0. The number of piperidine rings is 1. The molecule has 1 saturated heterocycles. The SMILES string of the molecule is O=C(NCc1ccncc1)[C@@H]1CCCN(C(=O)c2c[nH]c3ccccc23)C1. The number of nitrogens with zero attached hydrogens (tertiary/aromatic N) is 2. The Morgan fingerprint density at radius 1 is 1.19 bits per heavy atom. The summed E-state index contributed by atoms with van der Waals surface area (Å²) in [6.45, 7) is 1.63. The van der Waals surface area contributed by atoms with Crippen molar-refractivity contribution in [3.63, 3.8) is 0 Å². The number of likely N-dealkylation sites (tertiary alicyclic amines) is 1. The van der Waals surface area contributed by atoms with Crippen LogP contribution in [0.15, 0.2) is 55.0 Å². The van der Waals surface area contributed by atoms with E-state index in [0.29, 0.717) is 25.2 Å². The fraction of sp³-hybridized carbons (Fsp3) is 0.286. The standard InChI is InChI=1S/C21H22N4O2/c26-20(24-12-15-7-9-22-10-8-15)16-4-3-11-25(14-16)21(27)18-13-23-19-6-2-1-5-17(18)19/h1-2,5-10,13,16,23H,3-4,11-12,14H2,(H,24,26)/t16-/m1/s1. The van der Waals surface area contributed by atoms with Gasteiger partial charge in [0.2, 0.25) is 5.91 Å². The summed E-state index contributed by atoms with van der Waals surface area (Å²) in [5.74, 6) is -0.183. The van der Waals surface area contributed by atoms with E-state index in [4.69, 9.17) is 0 Å². The highest BCUT2D eigenvalue weighted by atomic mass is 16.2. The average Bonchev–Trinajstić information content (AvgIpc) is 3.16. The highest BCUT2D eigenvalue weighted by Crippen LogP contribution is 2.23. The molecule has 1 atom stereocenters. The summed E-state index contributed by atoms with van der Waals surface area (Å²) in [5.41, 5.74) is 2.63. The highest BCUT2D eigenvalue weighted by molar-refractivity contribution is 6.06. The van der Waals surface area contributed by atoms with Crippen molar-refractivity contribution in [1.82, 2.24) is 20.2 Å². The second-order valence-corrected chi connectivity index (χ2v) is 6.91. The van der Waals surface area contributed by atoms with E-state index in [9.17, 15) is 9.59 Å². The number of benzene rings is 1. The number of H-pyrrole nitrogens is 1. The van der Waals surface area contributed by atoms with Crippen molar-refractivity contribution >= 4 is 22.7 Å². The number of hydrogen-bond donors (Lipinski definition) is 2. The average molecular weight is 362 g/mol. The van der Waals surface area contributed by atoms with Crippen LogP contribution in [0.2, 0.25) is 0 Å². The summed E-state index contributed by atoms with van der Waals surface area (Å²) in [4.78, 5) is 34.5. The van der Waals surface area contributed by atoms with Gasteiger partial charge in [-0.05, 0) is 36.6 Å². The molecule has 0 aliphatic carbocycles. The lowest BCUT2D eigenvalue weighted by Gasteiger charge is -2.32. The zero-order chi connectivity index (χ0) is 18.6. The summed E-state index contributed by atoms with van der Waals surface area (Å²) < 4.78 is 0. The maximum absolute atomic E-state index is 13.0. The number of carbonyl (C=O) groups excluding carboxylic acids is 2. The van der Waals surface area contributed by atoms with Crippen molar-refractivity contribution in [3.05, 3.63) is 66.1 Å². The van der Waals surface area contributed by atoms with Crippen LogP contribution in [0.3, 0.4) is 0 Å². The fourth-order valence-electron chi connectivity index (χ4n) is 3.63. The van der Waals surface area contributed by atoms with Crippen LogP contribution in [0.5, 0.6) is 0 Å². The minimum Gasteiger partial charge on any atom is -0.360 e. The Bertz CT molecular complexity index is 951.